The van der Waals surface area contributed by atoms with Gasteiger partial charge in [-0.05, 0) is 67.5 Å². The third-order valence-electron chi connectivity index (χ3n) is 5.76. The van der Waals surface area contributed by atoms with Crippen molar-refractivity contribution in [3.63, 3.8) is 0 Å². The quantitative estimate of drug-likeness (QED) is 0.444. The molecular formula is C25H29N3O2S. The summed E-state index contributed by atoms with van der Waals surface area (Å²) in [7, 11) is 0. The summed E-state index contributed by atoms with van der Waals surface area (Å²) in [6, 6.07) is 13.5. The lowest BCUT2D eigenvalue weighted by atomic mass is 9.92. The predicted molar refractivity (Wildman–Crippen MR) is 127 cm³/mol. The van der Waals surface area contributed by atoms with E-state index in [0.717, 1.165) is 36.3 Å². The van der Waals surface area contributed by atoms with Crippen LogP contribution in [0.1, 0.15) is 31.4 Å². The Morgan fingerprint density at radius 2 is 1.71 bits per heavy atom. The second-order valence-electron chi connectivity index (χ2n) is 8.93. The first-order valence-electron chi connectivity index (χ1n) is 10.8. The van der Waals surface area contributed by atoms with Gasteiger partial charge in [-0.3, -0.25) is 14.2 Å². The lowest BCUT2D eigenvalue weighted by Crippen LogP contribution is -2.43. The van der Waals surface area contributed by atoms with Gasteiger partial charge in [-0.2, -0.15) is 0 Å². The molecule has 1 amide bonds. The fourth-order valence-electron chi connectivity index (χ4n) is 4.60. The van der Waals surface area contributed by atoms with Crippen LogP contribution in [0.15, 0.2) is 52.4 Å². The van der Waals surface area contributed by atoms with E-state index in [4.69, 9.17) is 4.98 Å². The van der Waals surface area contributed by atoms with Crippen molar-refractivity contribution < 1.29 is 4.79 Å². The molecule has 5 nitrogen and oxygen atoms in total. The number of para-hydroxylation sites is 1. The van der Waals surface area contributed by atoms with Crippen LogP contribution in [0.3, 0.4) is 0 Å². The standard InChI is InChI=1S/C25H29N3O2S/c1-16-9-17(2)12-20(11-16)28-24(30)21-7-5-6-8-22(21)26-25(28)31-15-23(29)27-13-18(3)10-19(4)14-27/h5-9,11-12,18-19H,10,13-15H2,1-4H3. The average Bonchev–Trinajstić information content (AvgIpc) is 2.70. The van der Waals surface area contributed by atoms with E-state index >= 15 is 0 Å². The van der Waals surface area contributed by atoms with E-state index in [1.54, 1.807) is 10.6 Å². The van der Waals surface area contributed by atoms with Crippen molar-refractivity contribution in [3.05, 3.63) is 63.9 Å². The number of aryl methyl sites for hydroxylation is 2. The van der Waals surface area contributed by atoms with Gasteiger partial charge in [0.2, 0.25) is 5.91 Å². The Morgan fingerprint density at radius 3 is 2.39 bits per heavy atom. The number of piperidine rings is 1. The van der Waals surface area contributed by atoms with E-state index in [0.29, 0.717) is 27.9 Å². The van der Waals surface area contributed by atoms with E-state index in [2.05, 4.69) is 19.9 Å². The molecule has 4 rings (SSSR count). The highest BCUT2D eigenvalue weighted by atomic mass is 32.2. The first kappa shape index (κ1) is 21.6. The SMILES string of the molecule is Cc1cc(C)cc(-n2c(SCC(=O)N3CC(C)CC(C)C3)nc3ccccc3c2=O)c1. The van der Waals surface area contributed by atoms with Crippen LogP contribution in [0, 0.1) is 25.7 Å². The zero-order valence-corrected chi connectivity index (χ0v) is 19.4. The summed E-state index contributed by atoms with van der Waals surface area (Å²) in [4.78, 5) is 33.1. The highest BCUT2D eigenvalue weighted by Crippen LogP contribution is 2.25. The van der Waals surface area contributed by atoms with Gasteiger partial charge < -0.3 is 4.90 Å². The zero-order valence-electron chi connectivity index (χ0n) is 18.6. The molecule has 1 fully saturated rings. The van der Waals surface area contributed by atoms with Gasteiger partial charge in [0.15, 0.2) is 5.16 Å². The van der Waals surface area contributed by atoms with Crippen LogP contribution in [-0.4, -0.2) is 39.2 Å². The Morgan fingerprint density at radius 1 is 1.06 bits per heavy atom. The lowest BCUT2D eigenvalue weighted by molar-refractivity contribution is -0.130. The third kappa shape index (κ3) is 4.69. The van der Waals surface area contributed by atoms with Crippen molar-refractivity contribution in [1.82, 2.24) is 14.5 Å². The number of hydrogen-bond acceptors (Lipinski definition) is 4. The first-order chi connectivity index (χ1) is 14.8. The Hall–Kier alpha value is -2.60. The summed E-state index contributed by atoms with van der Waals surface area (Å²) >= 11 is 1.35. The predicted octanol–water partition coefficient (Wildman–Crippen LogP) is 4.60. The van der Waals surface area contributed by atoms with Crippen LogP contribution in [0.2, 0.25) is 0 Å². The molecule has 31 heavy (non-hydrogen) atoms. The van der Waals surface area contributed by atoms with Crippen molar-refractivity contribution in [3.8, 4) is 5.69 Å². The van der Waals surface area contributed by atoms with Gasteiger partial charge in [0.05, 0.1) is 22.3 Å². The van der Waals surface area contributed by atoms with E-state index in [-0.39, 0.29) is 17.2 Å². The summed E-state index contributed by atoms with van der Waals surface area (Å²) in [5, 5.41) is 1.14. The minimum atomic E-state index is -0.106. The molecular weight excluding hydrogens is 406 g/mol. The van der Waals surface area contributed by atoms with Gasteiger partial charge in [0, 0.05) is 13.1 Å². The summed E-state index contributed by atoms with van der Waals surface area (Å²) in [6.07, 6.45) is 1.16. The summed E-state index contributed by atoms with van der Waals surface area (Å²) < 4.78 is 1.65. The normalized spacial score (nSPS) is 19.0. The monoisotopic (exact) mass is 435 g/mol. The number of carbonyl (C=O) groups excluding carboxylic acids is 1. The molecule has 1 aromatic heterocycles. The smallest absolute Gasteiger partial charge is 0.266 e. The number of hydrogen-bond donors (Lipinski definition) is 0. The first-order valence-corrected chi connectivity index (χ1v) is 11.8. The second kappa shape index (κ2) is 8.87. The summed E-state index contributed by atoms with van der Waals surface area (Å²) in [5.41, 5.74) is 3.50. The van der Waals surface area contributed by atoms with Crippen LogP contribution in [0.4, 0.5) is 0 Å². The van der Waals surface area contributed by atoms with E-state index in [1.807, 2.05) is 49.1 Å². The van der Waals surface area contributed by atoms with Crippen LogP contribution >= 0.6 is 11.8 Å². The molecule has 0 bridgehead atoms. The fraction of sp³-hybridized carbons (Fsp3) is 0.400. The molecule has 1 aliphatic rings. The number of likely N-dealkylation sites (tertiary alicyclic amines) is 1. The van der Waals surface area contributed by atoms with E-state index in [1.165, 1.54) is 11.8 Å². The minimum Gasteiger partial charge on any atom is -0.341 e. The Kier molecular flexibility index (Phi) is 6.19. The number of benzene rings is 2. The fourth-order valence-corrected chi connectivity index (χ4v) is 5.52. The molecule has 162 valence electrons. The maximum absolute atomic E-state index is 13.4. The molecule has 1 saturated heterocycles. The molecule has 2 heterocycles. The Labute approximate surface area is 187 Å². The molecule has 3 aromatic rings. The van der Waals surface area contributed by atoms with Crippen LogP contribution < -0.4 is 5.56 Å². The second-order valence-corrected chi connectivity index (χ2v) is 9.87. The average molecular weight is 436 g/mol. The highest BCUT2D eigenvalue weighted by molar-refractivity contribution is 7.99. The summed E-state index contributed by atoms with van der Waals surface area (Å²) in [6.45, 7) is 10.0. The van der Waals surface area contributed by atoms with Gasteiger partial charge in [-0.1, -0.05) is 43.8 Å². The molecule has 1 aliphatic heterocycles. The molecule has 0 saturated carbocycles. The molecule has 0 N–H and O–H groups in total. The largest absolute Gasteiger partial charge is 0.341 e. The molecule has 2 atom stereocenters. The molecule has 0 aliphatic carbocycles. The molecule has 0 radical (unpaired) electrons. The highest BCUT2D eigenvalue weighted by Gasteiger charge is 2.26. The molecule has 6 heteroatoms. The van der Waals surface area contributed by atoms with Crippen molar-refractivity contribution in [2.45, 2.75) is 39.3 Å². The Bertz CT molecular complexity index is 1160. The van der Waals surface area contributed by atoms with Gasteiger partial charge in [-0.25, -0.2) is 4.98 Å². The zero-order chi connectivity index (χ0) is 22.1. The molecule has 2 aromatic carbocycles. The minimum absolute atomic E-state index is 0.106. The maximum Gasteiger partial charge on any atom is 0.266 e. The van der Waals surface area contributed by atoms with Crippen molar-refractivity contribution in [2.75, 3.05) is 18.8 Å². The number of fused-ring (bicyclic) bond motifs is 1. The van der Waals surface area contributed by atoms with Crippen LogP contribution in [0.5, 0.6) is 0 Å². The molecule has 0 spiro atoms. The van der Waals surface area contributed by atoms with Gasteiger partial charge in [0.25, 0.3) is 5.56 Å². The van der Waals surface area contributed by atoms with Crippen LogP contribution in [0.25, 0.3) is 16.6 Å². The van der Waals surface area contributed by atoms with E-state index in [9.17, 15) is 9.59 Å². The van der Waals surface area contributed by atoms with Gasteiger partial charge >= 0.3 is 0 Å². The number of aromatic nitrogens is 2. The maximum atomic E-state index is 13.4. The number of amides is 1. The van der Waals surface area contributed by atoms with Gasteiger partial charge in [0.1, 0.15) is 0 Å². The van der Waals surface area contributed by atoms with Crippen molar-refractivity contribution >= 4 is 28.6 Å². The number of nitrogens with zero attached hydrogens (tertiary/aromatic N) is 3. The number of rotatable bonds is 4. The van der Waals surface area contributed by atoms with Crippen LogP contribution in [-0.2, 0) is 4.79 Å². The Balaban J connectivity index is 1.71. The van der Waals surface area contributed by atoms with Crippen molar-refractivity contribution in [2.24, 2.45) is 11.8 Å². The third-order valence-corrected chi connectivity index (χ3v) is 6.68. The number of thioether (sulfide) groups is 1. The number of carbonyl (C=O) groups is 1. The summed E-state index contributed by atoms with van der Waals surface area (Å²) in [5.74, 6) is 1.42. The van der Waals surface area contributed by atoms with Gasteiger partial charge in [-0.15, -0.1) is 0 Å². The van der Waals surface area contributed by atoms with E-state index < -0.39 is 0 Å². The van der Waals surface area contributed by atoms with Crippen molar-refractivity contribution in [1.29, 1.82) is 0 Å². The topological polar surface area (TPSA) is 55.2 Å². The lowest BCUT2D eigenvalue weighted by Gasteiger charge is -2.35. The molecule has 2 unspecified atom stereocenters.